The van der Waals surface area contributed by atoms with Crippen LogP contribution in [0.4, 0.5) is 0 Å². The Kier molecular flexibility index (Phi) is 8.13. The van der Waals surface area contributed by atoms with Crippen LogP contribution in [0.2, 0.25) is 0 Å². The molecule has 1 aliphatic rings. The predicted octanol–water partition coefficient (Wildman–Crippen LogP) is 4.42. The number of benzene rings is 2. The SMILES string of the molecule is C=CCOC(=O)C1=C(C)N=c2s/c(=C\C=C\c3ccccc3)c(=O)n2C1c1ccc(OCCC)cc1. The molecule has 2 heterocycles. The average molecular weight is 501 g/mol. The van der Waals surface area contributed by atoms with Gasteiger partial charge in [0.15, 0.2) is 4.80 Å². The number of hydrogen-bond donors (Lipinski definition) is 0. The maximum atomic E-state index is 13.6. The third-order valence-corrected chi connectivity index (χ3v) is 6.58. The molecule has 2 aromatic carbocycles. The van der Waals surface area contributed by atoms with Gasteiger partial charge in [0.1, 0.15) is 12.4 Å². The van der Waals surface area contributed by atoms with Crippen LogP contribution in [0.15, 0.2) is 94.4 Å². The molecule has 6 nitrogen and oxygen atoms in total. The van der Waals surface area contributed by atoms with Crippen LogP contribution in [0, 0.1) is 0 Å². The van der Waals surface area contributed by atoms with E-state index in [9.17, 15) is 9.59 Å². The summed E-state index contributed by atoms with van der Waals surface area (Å²) in [5.74, 6) is 0.209. The molecule has 0 radical (unpaired) electrons. The van der Waals surface area contributed by atoms with Crippen LogP contribution in [0.1, 0.15) is 37.4 Å². The Morgan fingerprint density at radius 3 is 2.61 bits per heavy atom. The maximum absolute atomic E-state index is 13.6. The first kappa shape index (κ1) is 25.1. The summed E-state index contributed by atoms with van der Waals surface area (Å²) >= 11 is 1.29. The summed E-state index contributed by atoms with van der Waals surface area (Å²) < 4.78 is 13.2. The van der Waals surface area contributed by atoms with Crippen LogP contribution in [0.3, 0.4) is 0 Å². The summed E-state index contributed by atoms with van der Waals surface area (Å²) in [4.78, 5) is 31.8. The molecule has 0 saturated heterocycles. The number of rotatable bonds is 9. The minimum Gasteiger partial charge on any atom is -0.494 e. The first-order valence-electron chi connectivity index (χ1n) is 11.8. The van der Waals surface area contributed by atoms with E-state index in [1.54, 1.807) is 17.6 Å². The topological polar surface area (TPSA) is 69.9 Å². The Labute approximate surface area is 213 Å². The van der Waals surface area contributed by atoms with Gasteiger partial charge in [-0.1, -0.05) is 85.5 Å². The summed E-state index contributed by atoms with van der Waals surface area (Å²) in [7, 11) is 0. The minimum absolute atomic E-state index is 0.0703. The van der Waals surface area contributed by atoms with E-state index in [1.807, 2.05) is 73.7 Å². The molecule has 0 bridgehead atoms. The predicted molar refractivity (Wildman–Crippen MR) is 144 cm³/mol. The van der Waals surface area contributed by atoms with E-state index >= 15 is 0 Å². The van der Waals surface area contributed by atoms with Gasteiger partial charge in [-0.15, -0.1) is 0 Å². The third kappa shape index (κ3) is 5.47. The van der Waals surface area contributed by atoms with Crippen molar-refractivity contribution in [1.82, 2.24) is 4.57 Å². The van der Waals surface area contributed by atoms with Crippen LogP contribution < -0.4 is 19.6 Å². The molecule has 0 saturated carbocycles. The van der Waals surface area contributed by atoms with Crippen LogP contribution in [0.25, 0.3) is 12.2 Å². The number of thiazole rings is 1. The second-order valence-corrected chi connectivity index (χ2v) is 9.19. The Morgan fingerprint density at radius 2 is 1.92 bits per heavy atom. The summed E-state index contributed by atoms with van der Waals surface area (Å²) in [6.45, 7) is 8.11. The fraction of sp³-hybridized carbons (Fsp3) is 0.207. The van der Waals surface area contributed by atoms with Gasteiger partial charge in [-0.2, -0.15) is 0 Å². The van der Waals surface area contributed by atoms with Gasteiger partial charge in [0, 0.05) is 0 Å². The smallest absolute Gasteiger partial charge is 0.338 e. The lowest BCUT2D eigenvalue weighted by atomic mass is 9.96. The Bertz CT molecular complexity index is 1480. The van der Waals surface area contributed by atoms with Crippen LogP contribution in [-0.2, 0) is 9.53 Å². The molecule has 0 aliphatic carbocycles. The van der Waals surface area contributed by atoms with E-state index in [1.165, 1.54) is 17.4 Å². The van der Waals surface area contributed by atoms with Gasteiger partial charge in [-0.3, -0.25) is 9.36 Å². The van der Waals surface area contributed by atoms with Gasteiger partial charge in [0.05, 0.1) is 28.5 Å². The highest BCUT2D eigenvalue weighted by Crippen LogP contribution is 2.31. The molecule has 0 amide bonds. The highest BCUT2D eigenvalue weighted by Gasteiger charge is 2.33. The number of nitrogens with zero attached hydrogens (tertiary/aromatic N) is 2. The molecule has 1 unspecified atom stereocenters. The minimum atomic E-state index is -0.668. The molecule has 4 rings (SSSR count). The molecule has 36 heavy (non-hydrogen) atoms. The van der Waals surface area contributed by atoms with Gasteiger partial charge >= 0.3 is 5.97 Å². The number of fused-ring (bicyclic) bond motifs is 1. The fourth-order valence-corrected chi connectivity index (χ4v) is 4.90. The number of hydrogen-bond acceptors (Lipinski definition) is 6. The van der Waals surface area contributed by atoms with Crippen LogP contribution >= 0.6 is 11.3 Å². The quantitative estimate of drug-likeness (QED) is 0.322. The summed E-state index contributed by atoms with van der Waals surface area (Å²) in [6, 6.07) is 16.6. The molecule has 7 heteroatoms. The molecule has 1 atom stereocenters. The fourth-order valence-electron chi connectivity index (χ4n) is 3.90. The largest absolute Gasteiger partial charge is 0.494 e. The van der Waals surface area contributed by atoms with Gasteiger partial charge in [0.2, 0.25) is 0 Å². The second-order valence-electron chi connectivity index (χ2n) is 8.18. The number of allylic oxidation sites excluding steroid dienone is 2. The lowest BCUT2D eigenvalue weighted by Gasteiger charge is -2.24. The standard InChI is InChI=1S/C29H28N2O4S/c1-4-18-34-23-16-14-22(15-17-23)26-25(28(33)35-19-5-2)20(3)30-29-31(26)27(32)24(36-29)13-9-12-21-10-7-6-8-11-21/h5-17,26H,2,4,18-19H2,1,3H3/b12-9+,24-13-. The number of carbonyl (C=O) groups excluding carboxylic acids is 1. The molecule has 0 spiro atoms. The van der Waals surface area contributed by atoms with E-state index in [2.05, 4.69) is 11.6 Å². The second kappa shape index (κ2) is 11.6. The van der Waals surface area contributed by atoms with Crippen molar-refractivity contribution < 1.29 is 14.3 Å². The molecular weight excluding hydrogens is 472 g/mol. The summed E-state index contributed by atoms with van der Waals surface area (Å²) in [6.07, 6.45) is 7.98. The molecular formula is C29H28N2O4S. The highest BCUT2D eigenvalue weighted by molar-refractivity contribution is 7.07. The maximum Gasteiger partial charge on any atom is 0.338 e. The van der Waals surface area contributed by atoms with Crippen LogP contribution in [-0.4, -0.2) is 23.8 Å². The average Bonchev–Trinajstić information content (AvgIpc) is 3.20. The first-order chi connectivity index (χ1) is 17.5. The van der Waals surface area contributed by atoms with Crippen molar-refractivity contribution in [2.24, 2.45) is 4.99 Å². The number of carbonyl (C=O) groups is 1. The Hall–Kier alpha value is -3.97. The van der Waals surface area contributed by atoms with Crippen LogP contribution in [0.5, 0.6) is 5.75 Å². The van der Waals surface area contributed by atoms with Crippen molar-refractivity contribution in [3.8, 4) is 5.75 Å². The normalized spacial score (nSPS) is 15.5. The lowest BCUT2D eigenvalue weighted by Crippen LogP contribution is -2.39. The Morgan fingerprint density at radius 1 is 1.17 bits per heavy atom. The lowest BCUT2D eigenvalue weighted by molar-refractivity contribution is -0.138. The van der Waals surface area contributed by atoms with Crippen molar-refractivity contribution in [2.45, 2.75) is 26.3 Å². The van der Waals surface area contributed by atoms with E-state index in [4.69, 9.17) is 9.47 Å². The molecule has 1 aliphatic heterocycles. The van der Waals surface area contributed by atoms with Crippen molar-refractivity contribution in [3.05, 3.63) is 115 Å². The van der Waals surface area contributed by atoms with Crippen molar-refractivity contribution in [1.29, 1.82) is 0 Å². The Balaban J connectivity index is 1.80. The highest BCUT2D eigenvalue weighted by atomic mass is 32.1. The molecule has 0 fully saturated rings. The number of aromatic nitrogens is 1. The van der Waals surface area contributed by atoms with Crippen molar-refractivity contribution >= 4 is 29.5 Å². The van der Waals surface area contributed by atoms with E-state index in [0.29, 0.717) is 27.2 Å². The van der Waals surface area contributed by atoms with Gasteiger partial charge in [-0.05, 0) is 42.7 Å². The zero-order valence-corrected chi connectivity index (χ0v) is 21.2. The molecule has 1 aromatic heterocycles. The summed E-state index contributed by atoms with van der Waals surface area (Å²) in [5, 5.41) is 0. The number of ether oxygens (including phenoxy) is 2. The van der Waals surface area contributed by atoms with Gasteiger partial charge in [0.25, 0.3) is 5.56 Å². The summed E-state index contributed by atoms with van der Waals surface area (Å²) in [5.41, 5.74) is 2.44. The first-order valence-corrected chi connectivity index (χ1v) is 12.6. The molecule has 3 aromatic rings. The molecule has 0 N–H and O–H groups in total. The number of esters is 1. The van der Waals surface area contributed by atoms with Crippen molar-refractivity contribution in [3.63, 3.8) is 0 Å². The monoisotopic (exact) mass is 500 g/mol. The zero-order valence-electron chi connectivity index (χ0n) is 20.3. The van der Waals surface area contributed by atoms with Gasteiger partial charge in [-0.25, -0.2) is 9.79 Å². The van der Waals surface area contributed by atoms with E-state index in [0.717, 1.165) is 23.3 Å². The van der Waals surface area contributed by atoms with Crippen molar-refractivity contribution in [2.75, 3.05) is 13.2 Å². The van der Waals surface area contributed by atoms with E-state index in [-0.39, 0.29) is 12.2 Å². The molecule has 184 valence electrons. The zero-order chi connectivity index (χ0) is 25.5. The van der Waals surface area contributed by atoms with E-state index < -0.39 is 12.0 Å². The van der Waals surface area contributed by atoms with Gasteiger partial charge < -0.3 is 9.47 Å². The third-order valence-electron chi connectivity index (χ3n) is 5.58.